The highest BCUT2D eigenvalue weighted by atomic mass is 16.5. The third-order valence-corrected chi connectivity index (χ3v) is 7.18. The standard InChI is InChI=1S/C28H34N6O6/c29-27(30)31-13-5-11-22(25(36)34-14-6-12-23(34)26(37)38)33-24(35)15-32-28(39)40-16-21-19-9-3-1-7-17(19)18-8-2-4-10-20(18)21/h1-4,7-10,21-23H,5-6,11-16H2,(H,32,39)(H,33,35)(H,37,38)(H4,29,30,31)/t22-,23-/m0/s1. The van der Waals surface area contributed by atoms with Gasteiger partial charge in [-0.05, 0) is 47.9 Å². The van der Waals surface area contributed by atoms with Crippen LogP contribution in [0.25, 0.3) is 11.1 Å². The molecule has 2 aromatic carbocycles. The number of amides is 3. The highest BCUT2D eigenvalue weighted by Gasteiger charge is 2.37. The van der Waals surface area contributed by atoms with Crippen LogP contribution in [-0.4, -0.2) is 78.2 Å². The van der Waals surface area contributed by atoms with Gasteiger partial charge in [-0.2, -0.15) is 0 Å². The molecule has 2 atom stereocenters. The molecular weight excluding hydrogens is 516 g/mol. The fourth-order valence-corrected chi connectivity index (χ4v) is 5.32. The number of hydrogen-bond acceptors (Lipinski definition) is 6. The van der Waals surface area contributed by atoms with Gasteiger partial charge in [0.25, 0.3) is 0 Å². The molecule has 4 rings (SSSR count). The van der Waals surface area contributed by atoms with Crippen molar-refractivity contribution in [2.24, 2.45) is 5.73 Å². The Balaban J connectivity index is 1.31. The van der Waals surface area contributed by atoms with Gasteiger partial charge in [0.2, 0.25) is 11.8 Å². The number of aliphatic carboxylic acids is 1. The van der Waals surface area contributed by atoms with E-state index in [2.05, 4.69) is 16.0 Å². The third-order valence-electron chi connectivity index (χ3n) is 7.18. The SMILES string of the molecule is N=C(N)NCCC[C@H](NC(=O)CNC(=O)OCC1c2ccccc2-c2ccccc21)C(=O)N1CCC[C@H]1C(=O)O. The number of carboxylic acids is 1. The smallest absolute Gasteiger partial charge is 0.407 e. The van der Waals surface area contributed by atoms with Crippen LogP contribution in [0, 0.1) is 5.41 Å². The summed E-state index contributed by atoms with van der Waals surface area (Å²) in [6.45, 7) is 0.257. The van der Waals surface area contributed by atoms with E-state index >= 15 is 0 Å². The zero-order valence-electron chi connectivity index (χ0n) is 22.0. The zero-order valence-corrected chi connectivity index (χ0v) is 22.0. The van der Waals surface area contributed by atoms with Gasteiger partial charge < -0.3 is 36.4 Å². The van der Waals surface area contributed by atoms with Crippen LogP contribution in [-0.2, 0) is 19.1 Å². The lowest BCUT2D eigenvalue weighted by molar-refractivity contribution is -0.149. The molecule has 0 aromatic heterocycles. The van der Waals surface area contributed by atoms with Gasteiger partial charge in [-0.15, -0.1) is 0 Å². The number of carbonyl (C=O) groups excluding carboxylic acids is 3. The maximum atomic E-state index is 13.2. The molecule has 0 spiro atoms. The fourth-order valence-electron chi connectivity index (χ4n) is 5.32. The van der Waals surface area contributed by atoms with E-state index in [0.717, 1.165) is 22.3 Å². The minimum Gasteiger partial charge on any atom is -0.480 e. The van der Waals surface area contributed by atoms with Crippen molar-refractivity contribution >= 4 is 29.8 Å². The maximum Gasteiger partial charge on any atom is 0.407 e. The largest absolute Gasteiger partial charge is 0.480 e. The number of carboxylic acid groups (broad SMARTS) is 1. The van der Waals surface area contributed by atoms with E-state index in [0.29, 0.717) is 25.8 Å². The number of hydrogen-bond donors (Lipinski definition) is 6. The van der Waals surface area contributed by atoms with Gasteiger partial charge in [-0.1, -0.05) is 48.5 Å². The van der Waals surface area contributed by atoms with Crippen molar-refractivity contribution < 1.29 is 29.0 Å². The Morgan fingerprint density at radius 2 is 1.70 bits per heavy atom. The Morgan fingerprint density at radius 1 is 1.05 bits per heavy atom. The number of likely N-dealkylation sites (tertiary alicyclic amines) is 1. The van der Waals surface area contributed by atoms with Crippen LogP contribution in [0.3, 0.4) is 0 Å². The van der Waals surface area contributed by atoms with Gasteiger partial charge >= 0.3 is 12.1 Å². The molecule has 2 aromatic rings. The molecular formula is C28H34N6O6. The molecule has 0 unspecified atom stereocenters. The first-order valence-corrected chi connectivity index (χ1v) is 13.3. The summed E-state index contributed by atoms with van der Waals surface area (Å²) in [7, 11) is 0. The van der Waals surface area contributed by atoms with Crippen molar-refractivity contribution in [3.05, 3.63) is 59.7 Å². The number of fused-ring (bicyclic) bond motifs is 3. The normalized spacial score (nSPS) is 16.4. The van der Waals surface area contributed by atoms with Crippen LogP contribution in [0.1, 0.15) is 42.7 Å². The second-order valence-electron chi connectivity index (χ2n) is 9.81. The Hall–Kier alpha value is -4.61. The molecule has 0 radical (unpaired) electrons. The fraction of sp³-hybridized carbons (Fsp3) is 0.393. The molecule has 1 aliphatic carbocycles. The summed E-state index contributed by atoms with van der Waals surface area (Å²) in [4.78, 5) is 51.1. The summed E-state index contributed by atoms with van der Waals surface area (Å²) in [6.07, 6.45) is 0.714. The molecule has 2 aliphatic rings. The Labute approximate surface area is 231 Å². The van der Waals surface area contributed by atoms with Gasteiger partial charge in [-0.25, -0.2) is 9.59 Å². The number of benzene rings is 2. The van der Waals surface area contributed by atoms with Gasteiger partial charge in [0, 0.05) is 19.0 Å². The Kier molecular flexibility index (Phi) is 9.20. The number of alkyl carbamates (subject to hydrolysis) is 1. The maximum absolute atomic E-state index is 13.2. The third kappa shape index (κ3) is 6.68. The summed E-state index contributed by atoms with van der Waals surface area (Å²) in [6, 6.07) is 14.0. The highest BCUT2D eigenvalue weighted by Crippen LogP contribution is 2.44. The van der Waals surface area contributed by atoms with Crippen molar-refractivity contribution in [2.75, 3.05) is 26.2 Å². The monoisotopic (exact) mass is 550 g/mol. The molecule has 12 heteroatoms. The van der Waals surface area contributed by atoms with Gasteiger partial charge in [0.05, 0.1) is 0 Å². The quantitative estimate of drug-likeness (QED) is 0.137. The molecule has 0 bridgehead atoms. The topological polar surface area (TPSA) is 187 Å². The average molecular weight is 551 g/mol. The summed E-state index contributed by atoms with van der Waals surface area (Å²) >= 11 is 0. The molecule has 12 nitrogen and oxygen atoms in total. The van der Waals surface area contributed by atoms with Crippen LogP contribution in [0.4, 0.5) is 4.79 Å². The Morgan fingerprint density at radius 3 is 2.33 bits per heavy atom. The first kappa shape index (κ1) is 28.4. The Bertz CT molecular complexity index is 1240. The van der Waals surface area contributed by atoms with E-state index < -0.39 is 42.5 Å². The number of nitrogens with one attached hydrogen (secondary N) is 4. The van der Waals surface area contributed by atoms with E-state index in [4.69, 9.17) is 15.9 Å². The number of carbonyl (C=O) groups is 4. The molecule has 1 aliphatic heterocycles. The summed E-state index contributed by atoms with van der Waals surface area (Å²) in [5.41, 5.74) is 9.62. The zero-order chi connectivity index (χ0) is 28.6. The average Bonchev–Trinajstić information content (AvgIpc) is 3.55. The van der Waals surface area contributed by atoms with Gasteiger partial charge in [-0.3, -0.25) is 15.0 Å². The number of guanidine groups is 1. The molecule has 1 fully saturated rings. The molecule has 1 saturated heterocycles. The van der Waals surface area contributed by atoms with Crippen molar-refractivity contribution in [1.82, 2.24) is 20.9 Å². The van der Waals surface area contributed by atoms with E-state index in [9.17, 15) is 24.3 Å². The predicted molar refractivity (Wildman–Crippen MR) is 147 cm³/mol. The molecule has 40 heavy (non-hydrogen) atoms. The lowest BCUT2D eigenvalue weighted by atomic mass is 9.98. The number of rotatable bonds is 11. The highest BCUT2D eigenvalue weighted by molar-refractivity contribution is 5.92. The summed E-state index contributed by atoms with van der Waals surface area (Å²) < 4.78 is 5.46. The van der Waals surface area contributed by atoms with E-state index in [1.54, 1.807) is 0 Å². The molecule has 7 N–H and O–H groups in total. The first-order valence-electron chi connectivity index (χ1n) is 13.3. The van der Waals surface area contributed by atoms with Gasteiger partial charge in [0.1, 0.15) is 25.2 Å². The van der Waals surface area contributed by atoms with E-state index in [-0.39, 0.29) is 31.4 Å². The van der Waals surface area contributed by atoms with Gasteiger partial charge in [0.15, 0.2) is 5.96 Å². The molecule has 3 amide bonds. The van der Waals surface area contributed by atoms with Crippen LogP contribution < -0.4 is 21.7 Å². The first-order chi connectivity index (χ1) is 19.3. The number of ether oxygens (including phenoxy) is 1. The molecule has 1 heterocycles. The second-order valence-corrected chi connectivity index (χ2v) is 9.81. The van der Waals surface area contributed by atoms with E-state index in [1.165, 1.54) is 4.90 Å². The molecule has 212 valence electrons. The van der Waals surface area contributed by atoms with Crippen molar-refractivity contribution in [3.8, 4) is 11.1 Å². The minimum atomic E-state index is -1.09. The van der Waals surface area contributed by atoms with Crippen LogP contribution in [0.15, 0.2) is 48.5 Å². The van der Waals surface area contributed by atoms with Crippen LogP contribution in [0.2, 0.25) is 0 Å². The lowest BCUT2D eigenvalue weighted by Gasteiger charge is -2.27. The van der Waals surface area contributed by atoms with Crippen molar-refractivity contribution in [2.45, 2.75) is 43.7 Å². The number of nitrogens with two attached hydrogens (primary N) is 1. The minimum absolute atomic E-state index is 0.0945. The number of nitrogens with zero attached hydrogens (tertiary/aromatic N) is 1. The lowest BCUT2D eigenvalue weighted by Crippen LogP contribution is -2.53. The van der Waals surface area contributed by atoms with Crippen molar-refractivity contribution in [3.63, 3.8) is 0 Å². The second kappa shape index (κ2) is 13.0. The van der Waals surface area contributed by atoms with Crippen LogP contribution >= 0.6 is 0 Å². The molecule has 0 saturated carbocycles. The summed E-state index contributed by atoms with van der Waals surface area (Å²) in [5.74, 6) is -2.55. The van der Waals surface area contributed by atoms with Crippen LogP contribution in [0.5, 0.6) is 0 Å². The predicted octanol–water partition coefficient (Wildman–Crippen LogP) is 1.35. The summed E-state index contributed by atoms with van der Waals surface area (Å²) in [5, 5.41) is 24.4. The van der Waals surface area contributed by atoms with E-state index in [1.807, 2.05) is 48.5 Å². The van der Waals surface area contributed by atoms with Crippen molar-refractivity contribution in [1.29, 1.82) is 5.41 Å².